The molecular formula is C16H22N2O2S. The minimum Gasteiger partial charge on any atom is -0.320 e. The lowest BCUT2D eigenvalue weighted by Gasteiger charge is -2.16. The molecule has 1 aromatic rings. The Balaban J connectivity index is 2.13. The van der Waals surface area contributed by atoms with Crippen LogP contribution in [0.15, 0.2) is 29.2 Å². The maximum absolute atomic E-state index is 12.6. The summed E-state index contributed by atoms with van der Waals surface area (Å²) in [6, 6.07) is 6.72. The van der Waals surface area contributed by atoms with Gasteiger partial charge < -0.3 is 5.73 Å². The van der Waals surface area contributed by atoms with Crippen LogP contribution in [0.1, 0.15) is 31.7 Å². The van der Waals surface area contributed by atoms with Crippen molar-refractivity contribution in [2.24, 2.45) is 11.7 Å². The Morgan fingerprint density at radius 2 is 2.05 bits per heavy atom. The van der Waals surface area contributed by atoms with Gasteiger partial charge in [0.15, 0.2) is 0 Å². The Kier molecular flexibility index (Phi) is 5.40. The molecule has 2 rings (SSSR count). The van der Waals surface area contributed by atoms with Crippen LogP contribution < -0.4 is 5.73 Å². The molecule has 1 saturated heterocycles. The first kappa shape index (κ1) is 16.0. The van der Waals surface area contributed by atoms with Crippen molar-refractivity contribution in [3.8, 4) is 11.8 Å². The van der Waals surface area contributed by atoms with Gasteiger partial charge in [0.2, 0.25) is 10.0 Å². The molecule has 0 aromatic heterocycles. The highest BCUT2D eigenvalue weighted by molar-refractivity contribution is 7.89. The van der Waals surface area contributed by atoms with Crippen molar-refractivity contribution in [3.63, 3.8) is 0 Å². The summed E-state index contributed by atoms with van der Waals surface area (Å²) in [7, 11) is -3.37. The molecule has 21 heavy (non-hydrogen) atoms. The van der Waals surface area contributed by atoms with Crippen LogP contribution in [0.5, 0.6) is 0 Å². The van der Waals surface area contributed by atoms with E-state index in [1.807, 2.05) is 0 Å². The molecule has 0 bridgehead atoms. The number of hydrogen-bond donors (Lipinski definition) is 1. The summed E-state index contributed by atoms with van der Waals surface area (Å²) < 4.78 is 26.8. The molecule has 1 heterocycles. The summed E-state index contributed by atoms with van der Waals surface area (Å²) in [5, 5.41) is 0. The second-order valence-electron chi connectivity index (χ2n) is 5.34. The molecule has 1 atom stereocenters. The van der Waals surface area contributed by atoms with Crippen molar-refractivity contribution < 1.29 is 8.42 Å². The van der Waals surface area contributed by atoms with Gasteiger partial charge in [-0.05, 0) is 43.0 Å². The van der Waals surface area contributed by atoms with Crippen molar-refractivity contribution in [1.29, 1.82) is 0 Å². The molecule has 0 spiro atoms. The van der Waals surface area contributed by atoms with Crippen LogP contribution in [0.4, 0.5) is 0 Å². The van der Waals surface area contributed by atoms with Gasteiger partial charge in [-0.2, -0.15) is 4.31 Å². The third-order valence-corrected chi connectivity index (χ3v) is 5.65. The summed E-state index contributed by atoms with van der Waals surface area (Å²) in [4.78, 5) is 0.345. The SMILES string of the molecule is CCCC1CCN(S(=O)(=O)c2ccc(C#CCN)cc2)C1. The number of sulfonamides is 1. The van der Waals surface area contributed by atoms with Gasteiger partial charge in [-0.15, -0.1) is 0 Å². The maximum Gasteiger partial charge on any atom is 0.243 e. The first-order chi connectivity index (χ1) is 10.1. The van der Waals surface area contributed by atoms with E-state index in [-0.39, 0.29) is 0 Å². The summed E-state index contributed by atoms with van der Waals surface area (Å²) in [6.07, 6.45) is 3.17. The lowest BCUT2D eigenvalue weighted by Crippen LogP contribution is -2.28. The number of nitrogens with two attached hydrogens (primary N) is 1. The number of nitrogens with zero attached hydrogens (tertiary/aromatic N) is 1. The monoisotopic (exact) mass is 306 g/mol. The third-order valence-electron chi connectivity index (χ3n) is 3.77. The van der Waals surface area contributed by atoms with Gasteiger partial charge in [-0.3, -0.25) is 0 Å². The molecule has 2 N–H and O–H groups in total. The number of rotatable bonds is 4. The lowest BCUT2D eigenvalue weighted by molar-refractivity contribution is 0.444. The van der Waals surface area contributed by atoms with E-state index in [9.17, 15) is 8.42 Å². The van der Waals surface area contributed by atoms with E-state index in [0.29, 0.717) is 30.4 Å². The van der Waals surface area contributed by atoms with Crippen LogP contribution in [-0.2, 0) is 10.0 Å². The van der Waals surface area contributed by atoms with Gasteiger partial charge in [0.05, 0.1) is 11.4 Å². The minimum absolute atomic E-state index is 0.298. The van der Waals surface area contributed by atoms with Gasteiger partial charge in [-0.1, -0.05) is 25.2 Å². The summed E-state index contributed by atoms with van der Waals surface area (Å²) >= 11 is 0. The molecular weight excluding hydrogens is 284 g/mol. The van der Waals surface area contributed by atoms with Crippen LogP contribution in [0.3, 0.4) is 0 Å². The van der Waals surface area contributed by atoms with Gasteiger partial charge in [0, 0.05) is 18.7 Å². The highest BCUT2D eigenvalue weighted by Gasteiger charge is 2.31. The zero-order valence-electron chi connectivity index (χ0n) is 12.4. The normalized spacial score (nSPS) is 19.2. The molecule has 1 aliphatic heterocycles. The molecule has 0 saturated carbocycles. The van der Waals surface area contributed by atoms with E-state index < -0.39 is 10.0 Å². The molecule has 1 aromatic carbocycles. The van der Waals surface area contributed by atoms with E-state index >= 15 is 0 Å². The molecule has 1 unspecified atom stereocenters. The summed E-state index contributed by atoms with van der Waals surface area (Å²) in [6.45, 7) is 3.71. The first-order valence-electron chi connectivity index (χ1n) is 7.37. The van der Waals surface area contributed by atoms with E-state index in [4.69, 9.17) is 5.73 Å². The molecule has 1 fully saturated rings. The number of benzene rings is 1. The Labute approximate surface area is 127 Å². The van der Waals surface area contributed by atoms with Crippen molar-refractivity contribution >= 4 is 10.0 Å². The van der Waals surface area contributed by atoms with E-state index in [0.717, 1.165) is 24.8 Å². The fourth-order valence-electron chi connectivity index (χ4n) is 2.67. The smallest absolute Gasteiger partial charge is 0.243 e. The second kappa shape index (κ2) is 7.08. The summed E-state index contributed by atoms with van der Waals surface area (Å²) in [5.41, 5.74) is 6.10. The summed E-state index contributed by atoms with van der Waals surface area (Å²) in [5.74, 6) is 6.15. The van der Waals surface area contributed by atoms with Crippen molar-refractivity contribution in [3.05, 3.63) is 29.8 Å². The zero-order valence-corrected chi connectivity index (χ0v) is 13.2. The van der Waals surface area contributed by atoms with Crippen LogP contribution in [0.2, 0.25) is 0 Å². The van der Waals surface area contributed by atoms with Gasteiger partial charge >= 0.3 is 0 Å². The third kappa shape index (κ3) is 3.85. The Hall–Kier alpha value is -1.35. The van der Waals surface area contributed by atoms with Crippen molar-refractivity contribution in [2.75, 3.05) is 19.6 Å². The lowest BCUT2D eigenvalue weighted by atomic mass is 10.0. The van der Waals surface area contributed by atoms with Gasteiger partial charge in [0.25, 0.3) is 0 Å². The molecule has 114 valence electrons. The van der Waals surface area contributed by atoms with E-state index in [1.165, 1.54) is 0 Å². The highest BCUT2D eigenvalue weighted by Crippen LogP contribution is 2.26. The van der Waals surface area contributed by atoms with E-state index in [1.54, 1.807) is 28.6 Å². The Morgan fingerprint density at radius 1 is 1.33 bits per heavy atom. The van der Waals surface area contributed by atoms with E-state index in [2.05, 4.69) is 18.8 Å². The van der Waals surface area contributed by atoms with Crippen LogP contribution >= 0.6 is 0 Å². The highest BCUT2D eigenvalue weighted by atomic mass is 32.2. The van der Waals surface area contributed by atoms with Crippen molar-refractivity contribution in [2.45, 2.75) is 31.1 Å². The van der Waals surface area contributed by atoms with Crippen molar-refractivity contribution in [1.82, 2.24) is 4.31 Å². The molecule has 5 heteroatoms. The van der Waals surface area contributed by atoms with Gasteiger partial charge in [0.1, 0.15) is 0 Å². The van der Waals surface area contributed by atoms with Crippen LogP contribution in [0.25, 0.3) is 0 Å². The van der Waals surface area contributed by atoms with Crippen LogP contribution in [0, 0.1) is 17.8 Å². The Bertz CT molecular complexity index is 626. The molecule has 0 aliphatic carbocycles. The second-order valence-corrected chi connectivity index (χ2v) is 7.27. The van der Waals surface area contributed by atoms with Crippen LogP contribution in [-0.4, -0.2) is 32.4 Å². The molecule has 1 aliphatic rings. The Morgan fingerprint density at radius 3 is 2.67 bits per heavy atom. The molecule has 0 amide bonds. The molecule has 0 radical (unpaired) electrons. The predicted molar refractivity (Wildman–Crippen MR) is 84.1 cm³/mol. The topological polar surface area (TPSA) is 63.4 Å². The average Bonchev–Trinajstić information content (AvgIpc) is 2.95. The standard InChI is InChI=1S/C16H22N2O2S/c1-2-4-15-10-12-18(13-15)21(19,20)16-8-6-14(7-9-16)5-3-11-17/h6-9,15H,2,4,10-13,17H2,1H3. The average molecular weight is 306 g/mol. The first-order valence-corrected chi connectivity index (χ1v) is 8.81. The molecule has 4 nitrogen and oxygen atoms in total. The fraction of sp³-hybridized carbons (Fsp3) is 0.500. The quantitative estimate of drug-likeness (QED) is 0.863. The maximum atomic E-state index is 12.6. The number of hydrogen-bond acceptors (Lipinski definition) is 3. The predicted octanol–water partition coefficient (Wildman–Crippen LogP) is 1.81. The fourth-order valence-corrected chi connectivity index (χ4v) is 4.20. The largest absolute Gasteiger partial charge is 0.320 e. The zero-order chi connectivity index (χ0) is 15.3. The van der Waals surface area contributed by atoms with Gasteiger partial charge in [-0.25, -0.2) is 8.42 Å². The minimum atomic E-state index is -3.37.